The van der Waals surface area contributed by atoms with Gasteiger partial charge in [-0.1, -0.05) is 152 Å². The fraction of sp³-hybridized carbons (Fsp3) is 0. The molecule has 4 heteroatoms. The van der Waals surface area contributed by atoms with Crippen LogP contribution < -0.4 is 4.90 Å². The Hall–Kier alpha value is -7.40. The number of benzene rings is 9. The Bertz CT molecular complexity index is 3500. The van der Waals surface area contributed by atoms with Gasteiger partial charge in [0.05, 0.1) is 21.3 Å². The predicted octanol–water partition coefficient (Wildman–Crippen LogP) is 15.9. The molecule has 3 nitrogen and oxygen atoms in total. The van der Waals surface area contributed by atoms with E-state index < -0.39 is 0 Å². The fourth-order valence-corrected chi connectivity index (χ4v) is 10.2. The molecule has 0 unspecified atom stereocenters. The minimum absolute atomic E-state index is 0.862. The topological polar surface area (TPSA) is 21.3 Å². The van der Waals surface area contributed by atoms with Crippen LogP contribution >= 0.6 is 11.3 Å². The number of anilines is 3. The van der Waals surface area contributed by atoms with Crippen LogP contribution in [0.5, 0.6) is 0 Å². The molecule has 0 aliphatic rings. The molecule has 3 heterocycles. The fourth-order valence-electron chi connectivity index (χ4n) is 8.99. The lowest BCUT2D eigenvalue weighted by Gasteiger charge is -2.26. The summed E-state index contributed by atoms with van der Waals surface area (Å²) in [5.74, 6) is 0. The van der Waals surface area contributed by atoms with Crippen molar-refractivity contribution in [2.75, 3.05) is 4.90 Å². The Morgan fingerprint density at radius 1 is 0.431 bits per heavy atom. The van der Waals surface area contributed by atoms with Crippen LogP contribution in [-0.4, -0.2) is 4.57 Å². The number of hydrogen-bond acceptors (Lipinski definition) is 3. The largest absolute Gasteiger partial charge is 0.439 e. The van der Waals surface area contributed by atoms with Gasteiger partial charge in [-0.2, -0.15) is 0 Å². The summed E-state index contributed by atoms with van der Waals surface area (Å²) in [4.78, 5) is 2.42. The zero-order valence-corrected chi connectivity index (χ0v) is 32.2. The lowest BCUT2D eigenvalue weighted by atomic mass is 9.98. The molecule has 3 aromatic heterocycles. The molecule has 9 aromatic carbocycles. The molecule has 0 amide bonds. The molecule has 0 atom stereocenters. The van der Waals surface area contributed by atoms with Crippen molar-refractivity contribution in [1.82, 2.24) is 4.57 Å². The molecule has 0 aliphatic carbocycles. The number of rotatable bonds is 6. The van der Waals surface area contributed by atoms with Gasteiger partial charge in [0.2, 0.25) is 5.71 Å². The highest BCUT2D eigenvalue weighted by Gasteiger charge is 2.23. The van der Waals surface area contributed by atoms with E-state index in [0.717, 1.165) is 61.5 Å². The number of thiophene rings is 1. The molecule has 272 valence electrons. The average Bonchev–Trinajstić information content (AvgIpc) is 3.96. The Labute approximate surface area is 338 Å². The highest BCUT2D eigenvalue weighted by atomic mass is 32.1. The van der Waals surface area contributed by atoms with Gasteiger partial charge in [0.25, 0.3) is 0 Å². The van der Waals surface area contributed by atoms with Gasteiger partial charge in [0.15, 0.2) is 0 Å². The summed E-state index contributed by atoms with van der Waals surface area (Å²) in [6, 6.07) is 74.3. The lowest BCUT2D eigenvalue weighted by molar-refractivity contribution is 0.645. The molecule has 0 bridgehead atoms. The number of furan rings is 1. The summed E-state index contributed by atoms with van der Waals surface area (Å²) in [6.07, 6.45) is 0. The SMILES string of the molecule is c1ccc(-n2c3oc4ccccc4c3c3cccc(-c4ccc(N(c5ccc(-c6cccc7ccccc67)cc5)c5cccc6c5sc5ccccc56)cc4)c32)cc1. The summed E-state index contributed by atoms with van der Waals surface area (Å²) >= 11 is 1.86. The monoisotopic (exact) mass is 758 g/mol. The molecule has 0 N–H and O–H groups in total. The molecule has 0 saturated heterocycles. The molecule has 0 spiro atoms. The predicted molar refractivity (Wildman–Crippen MR) is 247 cm³/mol. The van der Waals surface area contributed by atoms with Gasteiger partial charge in [-0.25, -0.2) is 0 Å². The van der Waals surface area contributed by atoms with Crippen molar-refractivity contribution in [1.29, 1.82) is 0 Å². The first-order valence-electron chi connectivity index (χ1n) is 19.7. The molecule has 0 aliphatic heterocycles. The van der Waals surface area contributed by atoms with Crippen LogP contribution in [0, 0.1) is 0 Å². The Morgan fingerprint density at radius 3 is 1.83 bits per heavy atom. The van der Waals surface area contributed by atoms with Gasteiger partial charge in [0, 0.05) is 48.9 Å². The van der Waals surface area contributed by atoms with Crippen molar-refractivity contribution in [3.05, 3.63) is 206 Å². The van der Waals surface area contributed by atoms with E-state index in [4.69, 9.17) is 4.42 Å². The van der Waals surface area contributed by atoms with E-state index >= 15 is 0 Å². The van der Waals surface area contributed by atoms with E-state index in [1.807, 2.05) is 17.4 Å². The number of fused-ring (bicyclic) bond motifs is 9. The third-order valence-corrected chi connectivity index (χ3v) is 12.8. The number of hydrogen-bond donors (Lipinski definition) is 0. The van der Waals surface area contributed by atoms with E-state index in [0.29, 0.717) is 0 Å². The summed E-state index contributed by atoms with van der Waals surface area (Å²) in [5, 5.41) is 8.52. The van der Waals surface area contributed by atoms with Gasteiger partial charge in [-0.3, -0.25) is 4.57 Å². The third kappa shape index (κ3) is 5.05. The van der Waals surface area contributed by atoms with Crippen LogP contribution in [0.3, 0.4) is 0 Å². The van der Waals surface area contributed by atoms with Crippen LogP contribution in [0.2, 0.25) is 0 Å². The van der Waals surface area contributed by atoms with E-state index in [1.165, 1.54) is 47.5 Å². The summed E-state index contributed by atoms with van der Waals surface area (Å²) < 4.78 is 11.5. The normalized spacial score (nSPS) is 11.8. The number of para-hydroxylation sites is 3. The average molecular weight is 759 g/mol. The molecular formula is C54H34N2OS. The first kappa shape index (κ1) is 32.8. The van der Waals surface area contributed by atoms with Crippen molar-refractivity contribution in [3.8, 4) is 27.9 Å². The Kier molecular flexibility index (Phi) is 7.40. The standard InChI is InChI=1S/C54H34N2OS/c1-2-15-38(16-3-1)56-52-43(21-11-23-47(52)51-46-19-6-8-25-49(46)57-54(51)56)37-29-33-40(34-30-37)55(48-24-12-22-45-44-18-7-9-26-50(44)58-53(45)48)39-31-27-36(28-32-39)42-20-10-14-35-13-4-5-17-41(35)42/h1-34H. The van der Waals surface area contributed by atoms with Gasteiger partial charge < -0.3 is 9.32 Å². The van der Waals surface area contributed by atoms with E-state index in [9.17, 15) is 0 Å². The van der Waals surface area contributed by atoms with E-state index in [2.05, 4.69) is 210 Å². The van der Waals surface area contributed by atoms with Crippen LogP contribution in [0.25, 0.3) is 91.9 Å². The Balaban J connectivity index is 1.03. The second-order valence-electron chi connectivity index (χ2n) is 14.9. The molecule has 0 fully saturated rings. The van der Waals surface area contributed by atoms with E-state index in [-0.39, 0.29) is 0 Å². The van der Waals surface area contributed by atoms with Gasteiger partial charge in [-0.15, -0.1) is 11.3 Å². The smallest absolute Gasteiger partial charge is 0.213 e. The van der Waals surface area contributed by atoms with Gasteiger partial charge in [0.1, 0.15) is 5.58 Å². The van der Waals surface area contributed by atoms with Crippen molar-refractivity contribution >= 4 is 92.3 Å². The molecule has 0 saturated carbocycles. The van der Waals surface area contributed by atoms with Crippen molar-refractivity contribution in [2.24, 2.45) is 0 Å². The van der Waals surface area contributed by atoms with Crippen LogP contribution in [0.4, 0.5) is 17.1 Å². The first-order chi connectivity index (χ1) is 28.8. The van der Waals surface area contributed by atoms with Crippen LogP contribution in [-0.2, 0) is 0 Å². The molecule has 0 radical (unpaired) electrons. The molecular weight excluding hydrogens is 725 g/mol. The maximum Gasteiger partial charge on any atom is 0.213 e. The van der Waals surface area contributed by atoms with Crippen molar-refractivity contribution in [2.45, 2.75) is 0 Å². The molecule has 12 aromatic rings. The minimum atomic E-state index is 0.862. The zero-order valence-electron chi connectivity index (χ0n) is 31.3. The quantitative estimate of drug-likeness (QED) is 0.168. The maximum absolute atomic E-state index is 6.63. The van der Waals surface area contributed by atoms with Gasteiger partial charge >= 0.3 is 0 Å². The zero-order chi connectivity index (χ0) is 38.2. The second kappa shape index (κ2) is 13.1. The highest BCUT2D eigenvalue weighted by molar-refractivity contribution is 7.26. The van der Waals surface area contributed by atoms with Crippen molar-refractivity contribution < 1.29 is 4.42 Å². The number of nitrogens with zero attached hydrogens (tertiary/aromatic N) is 2. The molecule has 58 heavy (non-hydrogen) atoms. The lowest BCUT2D eigenvalue weighted by Crippen LogP contribution is -2.10. The van der Waals surface area contributed by atoms with Gasteiger partial charge in [-0.05, 0) is 82.1 Å². The first-order valence-corrected chi connectivity index (χ1v) is 20.5. The minimum Gasteiger partial charge on any atom is -0.439 e. The maximum atomic E-state index is 6.63. The van der Waals surface area contributed by atoms with Crippen LogP contribution in [0.15, 0.2) is 211 Å². The highest BCUT2D eigenvalue weighted by Crippen LogP contribution is 2.47. The van der Waals surface area contributed by atoms with Crippen LogP contribution in [0.1, 0.15) is 0 Å². The van der Waals surface area contributed by atoms with E-state index in [1.54, 1.807) is 0 Å². The summed E-state index contributed by atoms with van der Waals surface area (Å²) in [7, 11) is 0. The summed E-state index contributed by atoms with van der Waals surface area (Å²) in [6.45, 7) is 0. The summed E-state index contributed by atoms with van der Waals surface area (Å²) in [5.41, 5.74) is 12.1. The third-order valence-electron chi connectivity index (χ3n) is 11.6. The molecule has 12 rings (SSSR count). The van der Waals surface area contributed by atoms with Crippen molar-refractivity contribution in [3.63, 3.8) is 0 Å². The number of aromatic nitrogens is 1. The second-order valence-corrected chi connectivity index (χ2v) is 15.9. The Morgan fingerprint density at radius 2 is 1.02 bits per heavy atom.